The van der Waals surface area contributed by atoms with Crippen molar-refractivity contribution < 1.29 is 14.3 Å². The van der Waals surface area contributed by atoms with Gasteiger partial charge in [-0.3, -0.25) is 4.79 Å². The molecule has 1 aliphatic rings. The smallest absolute Gasteiger partial charge is 0.255 e. The van der Waals surface area contributed by atoms with Crippen LogP contribution in [0.1, 0.15) is 21.3 Å². The highest BCUT2D eigenvalue weighted by molar-refractivity contribution is 7.99. The Hall–Kier alpha value is -1.56. The van der Waals surface area contributed by atoms with Crippen LogP contribution >= 0.6 is 35.0 Å². The zero-order valence-electron chi connectivity index (χ0n) is 13.8. The summed E-state index contributed by atoms with van der Waals surface area (Å²) in [5.41, 5.74) is 1.49. The van der Waals surface area contributed by atoms with Crippen LogP contribution in [-0.4, -0.2) is 37.3 Å². The number of methoxy groups -OCH3 is 2. The summed E-state index contributed by atoms with van der Waals surface area (Å²) in [7, 11) is 3.22. The lowest BCUT2D eigenvalue weighted by atomic mass is 10.1. The van der Waals surface area contributed by atoms with E-state index in [9.17, 15) is 4.79 Å². The predicted molar refractivity (Wildman–Crippen MR) is 102 cm³/mol. The van der Waals surface area contributed by atoms with Crippen LogP contribution in [-0.2, 0) is 0 Å². The molecule has 25 heavy (non-hydrogen) atoms. The van der Waals surface area contributed by atoms with E-state index in [4.69, 9.17) is 32.7 Å². The summed E-state index contributed by atoms with van der Waals surface area (Å²) in [4.78, 5) is 14.8. The molecule has 0 bridgehead atoms. The molecule has 4 nitrogen and oxygen atoms in total. The quantitative estimate of drug-likeness (QED) is 0.735. The second-order valence-electron chi connectivity index (χ2n) is 5.50. The van der Waals surface area contributed by atoms with Crippen molar-refractivity contribution in [3.63, 3.8) is 0 Å². The molecule has 0 saturated carbocycles. The zero-order chi connectivity index (χ0) is 18.0. The molecule has 1 fully saturated rings. The van der Waals surface area contributed by atoms with Gasteiger partial charge in [-0.25, -0.2) is 0 Å². The van der Waals surface area contributed by atoms with Gasteiger partial charge in [0.25, 0.3) is 5.91 Å². The molecule has 132 valence electrons. The minimum absolute atomic E-state index is 0.0737. The number of carbonyl (C=O) groups excluding carboxylic acids is 1. The van der Waals surface area contributed by atoms with Crippen molar-refractivity contribution in [2.24, 2.45) is 0 Å². The van der Waals surface area contributed by atoms with E-state index in [1.54, 1.807) is 44.2 Å². The average Bonchev–Trinajstić information content (AvgIpc) is 3.12. The van der Waals surface area contributed by atoms with Gasteiger partial charge in [-0.15, -0.1) is 11.8 Å². The highest BCUT2D eigenvalue weighted by Crippen LogP contribution is 2.41. The van der Waals surface area contributed by atoms with Crippen molar-refractivity contribution in [1.82, 2.24) is 4.90 Å². The maximum absolute atomic E-state index is 13.0. The standard InChI is InChI=1S/C18H17Cl2NO3S/c1-23-13-7-12(8-14(10-13)24-2)18-21(5-6-25-18)17(22)11-3-4-15(19)16(20)9-11/h3-4,7-10,18H,5-6H2,1-2H3/t18-/m0/s1. The van der Waals surface area contributed by atoms with Gasteiger partial charge in [0.05, 0.1) is 24.3 Å². The first-order valence-electron chi connectivity index (χ1n) is 7.64. The number of nitrogens with zero attached hydrogens (tertiary/aromatic N) is 1. The number of hydrogen-bond donors (Lipinski definition) is 0. The summed E-state index contributed by atoms with van der Waals surface area (Å²) < 4.78 is 10.7. The molecule has 7 heteroatoms. The van der Waals surface area contributed by atoms with Crippen LogP contribution < -0.4 is 9.47 Å². The Morgan fingerprint density at radius 3 is 2.36 bits per heavy atom. The summed E-state index contributed by atoms with van der Waals surface area (Å²) in [6.07, 6.45) is 0. The number of ether oxygens (including phenoxy) is 2. The van der Waals surface area contributed by atoms with Crippen molar-refractivity contribution in [3.05, 3.63) is 57.6 Å². The van der Waals surface area contributed by atoms with E-state index in [1.165, 1.54) is 0 Å². The lowest BCUT2D eigenvalue weighted by Gasteiger charge is -2.25. The highest BCUT2D eigenvalue weighted by Gasteiger charge is 2.32. The molecule has 1 aliphatic heterocycles. The first-order valence-corrected chi connectivity index (χ1v) is 9.44. The normalized spacial score (nSPS) is 16.8. The maximum atomic E-state index is 13.0. The fourth-order valence-electron chi connectivity index (χ4n) is 2.72. The lowest BCUT2D eigenvalue weighted by molar-refractivity contribution is 0.0760. The van der Waals surface area contributed by atoms with Crippen molar-refractivity contribution in [2.45, 2.75) is 5.37 Å². The average molecular weight is 398 g/mol. The summed E-state index contributed by atoms with van der Waals surface area (Å²) in [6.45, 7) is 0.661. The van der Waals surface area contributed by atoms with Gasteiger partial charge < -0.3 is 14.4 Å². The molecule has 0 aliphatic carbocycles. The molecule has 0 unspecified atom stereocenters. The van der Waals surface area contributed by atoms with Gasteiger partial charge in [-0.05, 0) is 35.9 Å². The van der Waals surface area contributed by atoms with Crippen LogP contribution in [0.2, 0.25) is 10.0 Å². The van der Waals surface area contributed by atoms with Crippen LogP contribution in [0.25, 0.3) is 0 Å². The first kappa shape index (κ1) is 18.2. The largest absolute Gasteiger partial charge is 0.497 e. The van der Waals surface area contributed by atoms with Gasteiger partial charge in [0.15, 0.2) is 0 Å². The number of halogens is 2. The highest BCUT2D eigenvalue weighted by atomic mass is 35.5. The molecule has 0 N–H and O–H groups in total. The van der Waals surface area contributed by atoms with Crippen molar-refractivity contribution >= 4 is 40.9 Å². The fraction of sp³-hybridized carbons (Fsp3) is 0.278. The van der Waals surface area contributed by atoms with Gasteiger partial charge in [-0.1, -0.05) is 23.2 Å². The molecule has 0 radical (unpaired) electrons. The SMILES string of the molecule is COc1cc(OC)cc([C@@H]2SCCN2C(=O)c2ccc(Cl)c(Cl)c2)c1. The molecular weight excluding hydrogens is 381 g/mol. The molecule has 2 aromatic rings. The molecule has 0 spiro atoms. The Kier molecular flexibility index (Phi) is 5.67. The summed E-state index contributed by atoms with van der Waals surface area (Å²) >= 11 is 13.7. The van der Waals surface area contributed by atoms with Crippen molar-refractivity contribution in [3.8, 4) is 11.5 Å². The molecule has 1 heterocycles. The maximum Gasteiger partial charge on any atom is 0.255 e. The summed E-state index contributed by atoms with van der Waals surface area (Å²) in [5.74, 6) is 2.18. The molecule has 2 aromatic carbocycles. The van der Waals surface area contributed by atoms with Gasteiger partial charge in [0, 0.05) is 23.9 Å². The Morgan fingerprint density at radius 2 is 1.76 bits per heavy atom. The molecule has 1 amide bonds. The topological polar surface area (TPSA) is 38.8 Å². The van der Waals surface area contributed by atoms with E-state index < -0.39 is 0 Å². The zero-order valence-corrected chi connectivity index (χ0v) is 16.1. The third-order valence-electron chi connectivity index (χ3n) is 3.98. The van der Waals surface area contributed by atoms with E-state index in [-0.39, 0.29) is 11.3 Å². The van der Waals surface area contributed by atoms with Crippen LogP contribution in [0.3, 0.4) is 0 Å². The predicted octanol–water partition coefficient (Wildman–Crippen LogP) is 4.90. The Balaban J connectivity index is 1.92. The second-order valence-corrected chi connectivity index (χ2v) is 7.50. The monoisotopic (exact) mass is 397 g/mol. The number of benzene rings is 2. The third-order valence-corrected chi connectivity index (χ3v) is 5.98. The Labute approximate surface area is 161 Å². The number of rotatable bonds is 4. The molecule has 1 atom stereocenters. The van der Waals surface area contributed by atoms with E-state index in [0.29, 0.717) is 33.7 Å². The number of hydrogen-bond acceptors (Lipinski definition) is 4. The first-order chi connectivity index (χ1) is 12.0. The molecular formula is C18H17Cl2NO3S. The second kappa shape index (κ2) is 7.77. The number of amides is 1. The van der Waals surface area contributed by atoms with Gasteiger partial charge in [0.2, 0.25) is 0 Å². The third kappa shape index (κ3) is 3.84. The van der Waals surface area contributed by atoms with Crippen LogP contribution in [0.5, 0.6) is 11.5 Å². The fourth-order valence-corrected chi connectivity index (χ4v) is 4.25. The molecule has 0 aromatic heterocycles. The summed E-state index contributed by atoms with van der Waals surface area (Å²) in [6, 6.07) is 10.6. The minimum Gasteiger partial charge on any atom is -0.497 e. The number of carbonyl (C=O) groups is 1. The van der Waals surface area contributed by atoms with E-state index >= 15 is 0 Å². The van der Waals surface area contributed by atoms with Crippen LogP contribution in [0, 0.1) is 0 Å². The van der Waals surface area contributed by atoms with E-state index in [0.717, 1.165) is 11.3 Å². The minimum atomic E-state index is -0.106. The van der Waals surface area contributed by atoms with Crippen LogP contribution in [0.4, 0.5) is 0 Å². The van der Waals surface area contributed by atoms with Crippen LogP contribution in [0.15, 0.2) is 36.4 Å². The Bertz CT molecular complexity index is 778. The molecule has 3 rings (SSSR count). The van der Waals surface area contributed by atoms with E-state index in [1.807, 2.05) is 23.1 Å². The lowest BCUT2D eigenvalue weighted by Crippen LogP contribution is -2.30. The summed E-state index contributed by atoms with van der Waals surface area (Å²) in [5, 5.41) is 0.702. The van der Waals surface area contributed by atoms with E-state index in [2.05, 4.69) is 0 Å². The molecule has 1 saturated heterocycles. The van der Waals surface area contributed by atoms with Gasteiger partial charge in [-0.2, -0.15) is 0 Å². The van der Waals surface area contributed by atoms with Crippen molar-refractivity contribution in [1.29, 1.82) is 0 Å². The van der Waals surface area contributed by atoms with Gasteiger partial charge in [0.1, 0.15) is 16.9 Å². The Morgan fingerprint density at radius 1 is 1.08 bits per heavy atom. The van der Waals surface area contributed by atoms with Crippen molar-refractivity contribution in [2.75, 3.05) is 26.5 Å². The number of thioether (sulfide) groups is 1. The van der Waals surface area contributed by atoms with Gasteiger partial charge >= 0.3 is 0 Å².